The van der Waals surface area contributed by atoms with Crippen LogP contribution >= 0.6 is 0 Å². The summed E-state index contributed by atoms with van der Waals surface area (Å²) in [4.78, 5) is 36.7. The predicted octanol–water partition coefficient (Wildman–Crippen LogP) is 4.06. The van der Waals surface area contributed by atoms with Gasteiger partial charge in [0.05, 0.1) is 11.7 Å². The minimum Gasteiger partial charge on any atom is -0.458 e. The fourth-order valence-electron chi connectivity index (χ4n) is 10.5. The van der Waals surface area contributed by atoms with Crippen molar-refractivity contribution < 1.29 is 61.1 Å². The average Bonchev–Trinajstić information content (AvgIpc) is 3.51. The number of ether oxygens (including phenoxy) is 6. The second-order valence-electron chi connectivity index (χ2n) is 14.8. The summed E-state index contributed by atoms with van der Waals surface area (Å²) in [5, 5.41) is 12.7. The molecule has 2 aliphatic heterocycles. The number of carbonyl (C=O) groups excluding carboxylic acids is 3. The van der Waals surface area contributed by atoms with Crippen molar-refractivity contribution in [3.63, 3.8) is 0 Å². The molecule has 1 saturated heterocycles. The topological polar surface area (TPSA) is 127 Å². The van der Waals surface area contributed by atoms with E-state index in [1.54, 1.807) is 6.92 Å². The quantitative estimate of drug-likeness (QED) is 0.330. The molecule has 6 rings (SSSR count). The number of ketones is 1. The van der Waals surface area contributed by atoms with E-state index >= 15 is 0 Å². The van der Waals surface area contributed by atoms with Crippen LogP contribution in [-0.4, -0.2) is 92.2 Å². The molecule has 2 heterocycles. The van der Waals surface area contributed by atoms with Gasteiger partial charge in [0.25, 0.3) is 0 Å². The van der Waals surface area contributed by atoms with Crippen molar-refractivity contribution in [2.45, 2.75) is 121 Å². The SMILES string of the molecule is COC1C(=O)C(C)O[C@@H](O[C@H]2CC[C@]3(C)C4CC[C@]5(C)[C@@H](C6=CC(=O)OC6)[C@@H](OC(=O)C(F)(F)F)C[C@]5(O)[C@@H]4CC[C@@H]3C2)C1OC. The van der Waals surface area contributed by atoms with Crippen LogP contribution in [0, 0.1) is 34.5 Å². The molecule has 4 aliphatic carbocycles. The first kappa shape index (κ1) is 33.8. The molecule has 0 spiro atoms. The Kier molecular flexibility index (Phi) is 8.69. The van der Waals surface area contributed by atoms with Gasteiger partial charge in [-0.1, -0.05) is 13.8 Å². The van der Waals surface area contributed by atoms with Crippen LogP contribution in [0.5, 0.6) is 0 Å². The third-order valence-electron chi connectivity index (χ3n) is 12.8. The zero-order valence-corrected chi connectivity index (χ0v) is 27.0. The van der Waals surface area contributed by atoms with Crippen LogP contribution in [0.2, 0.25) is 0 Å². The van der Waals surface area contributed by atoms with E-state index in [-0.39, 0.29) is 48.1 Å². The van der Waals surface area contributed by atoms with Gasteiger partial charge in [0.15, 0.2) is 12.1 Å². The van der Waals surface area contributed by atoms with Gasteiger partial charge >= 0.3 is 18.1 Å². The summed E-state index contributed by atoms with van der Waals surface area (Å²) in [7, 11) is 2.96. The zero-order valence-electron chi connectivity index (χ0n) is 27.0. The van der Waals surface area contributed by atoms with Crippen LogP contribution in [0.25, 0.3) is 0 Å². The first-order chi connectivity index (χ1) is 21.6. The Morgan fingerprint density at radius 3 is 2.41 bits per heavy atom. The highest BCUT2D eigenvalue weighted by Crippen LogP contribution is 2.70. The maximum absolute atomic E-state index is 13.4. The summed E-state index contributed by atoms with van der Waals surface area (Å²) in [6, 6.07) is 0. The highest BCUT2D eigenvalue weighted by Gasteiger charge is 2.71. The van der Waals surface area contributed by atoms with Crippen LogP contribution in [0.15, 0.2) is 11.6 Å². The molecule has 0 amide bonds. The molecule has 13 atom stereocenters. The maximum atomic E-state index is 13.4. The van der Waals surface area contributed by atoms with E-state index in [1.165, 1.54) is 20.3 Å². The molecule has 4 saturated carbocycles. The summed E-state index contributed by atoms with van der Waals surface area (Å²) >= 11 is 0. The fraction of sp³-hybridized carbons (Fsp3) is 0.848. The van der Waals surface area contributed by atoms with Crippen LogP contribution in [-0.2, 0) is 42.8 Å². The van der Waals surface area contributed by atoms with Gasteiger partial charge in [-0.05, 0) is 80.6 Å². The molecular formula is C33H45F3O10. The zero-order chi connectivity index (χ0) is 33.4. The van der Waals surface area contributed by atoms with Crippen molar-refractivity contribution in [2.75, 3.05) is 20.8 Å². The lowest BCUT2D eigenvalue weighted by Gasteiger charge is -2.63. The standard InChI is InChI=1S/C33H45F3O10/c1-16-25(38)26(41-4)27(42-5)28(44-16)45-19-8-10-30(2)18(13-19)6-7-21-20(30)9-11-31(3)24(17-12-23(37)43-15-17)22(14-32(21,31)40)46-29(39)33(34,35)36/h12,16,18-22,24,26-28,40H,6-11,13-15H2,1-5H3/t16?,18-,19+,20?,21-,22+,24+,26?,27?,28+,30+,31-,32+/m1/s1. The molecular weight excluding hydrogens is 613 g/mol. The van der Waals surface area contributed by atoms with Crippen molar-refractivity contribution in [3.8, 4) is 0 Å². The second kappa shape index (κ2) is 11.8. The lowest BCUT2D eigenvalue weighted by Crippen LogP contribution is -2.62. The van der Waals surface area contributed by atoms with Crippen molar-refractivity contribution in [1.29, 1.82) is 0 Å². The van der Waals surface area contributed by atoms with E-state index in [0.717, 1.165) is 32.1 Å². The normalized spacial score (nSPS) is 47.4. The van der Waals surface area contributed by atoms with Gasteiger partial charge in [-0.3, -0.25) is 4.79 Å². The van der Waals surface area contributed by atoms with E-state index in [9.17, 15) is 32.7 Å². The van der Waals surface area contributed by atoms with E-state index in [1.807, 2.05) is 6.92 Å². The van der Waals surface area contributed by atoms with E-state index in [0.29, 0.717) is 18.4 Å². The number of halogens is 3. The smallest absolute Gasteiger partial charge is 0.458 e. The summed E-state index contributed by atoms with van der Waals surface area (Å²) < 4.78 is 73.7. The van der Waals surface area contributed by atoms with E-state index < -0.39 is 65.8 Å². The highest BCUT2D eigenvalue weighted by atomic mass is 19.4. The number of fused-ring (bicyclic) bond motifs is 5. The molecule has 0 aromatic rings. The van der Waals surface area contributed by atoms with Crippen LogP contribution < -0.4 is 0 Å². The number of methoxy groups -OCH3 is 2. The third-order valence-corrected chi connectivity index (χ3v) is 12.8. The van der Waals surface area contributed by atoms with Crippen molar-refractivity contribution in [1.82, 2.24) is 0 Å². The van der Waals surface area contributed by atoms with Crippen LogP contribution in [0.1, 0.15) is 72.1 Å². The van der Waals surface area contributed by atoms with Gasteiger partial charge in [0, 0.05) is 38.0 Å². The number of rotatable bonds is 6. The monoisotopic (exact) mass is 658 g/mol. The number of hydrogen-bond acceptors (Lipinski definition) is 10. The molecule has 1 N–H and O–H groups in total. The molecule has 6 aliphatic rings. The highest BCUT2D eigenvalue weighted by molar-refractivity contribution is 5.88. The average molecular weight is 659 g/mol. The predicted molar refractivity (Wildman–Crippen MR) is 153 cm³/mol. The number of aliphatic hydroxyl groups is 1. The molecule has 0 aromatic carbocycles. The Morgan fingerprint density at radius 1 is 1.04 bits per heavy atom. The third kappa shape index (κ3) is 5.23. The lowest BCUT2D eigenvalue weighted by atomic mass is 9.43. The maximum Gasteiger partial charge on any atom is 0.490 e. The summed E-state index contributed by atoms with van der Waals surface area (Å²) in [5.41, 5.74) is -2.03. The van der Waals surface area contributed by atoms with Gasteiger partial charge < -0.3 is 33.5 Å². The Labute approximate surface area is 266 Å². The molecule has 0 bridgehead atoms. The van der Waals surface area contributed by atoms with Crippen molar-refractivity contribution in [2.24, 2.45) is 34.5 Å². The van der Waals surface area contributed by atoms with E-state index in [2.05, 4.69) is 6.92 Å². The fourth-order valence-corrected chi connectivity index (χ4v) is 10.5. The molecule has 10 nitrogen and oxygen atoms in total. The number of Topliss-reactive ketones (excluding diaryl/α,β-unsaturated/α-hetero) is 1. The number of hydrogen-bond donors (Lipinski definition) is 1. The number of esters is 2. The van der Waals surface area contributed by atoms with Crippen molar-refractivity contribution in [3.05, 3.63) is 11.6 Å². The molecule has 5 fully saturated rings. The molecule has 258 valence electrons. The number of carbonyl (C=O) groups is 3. The van der Waals surface area contributed by atoms with Gasteiger partial charge in [0.1, 0.15) is 31.0 Å². The van der Waals surface area contributed by atoms with Crippen LogP contribution in [0.3, 0.4) is 0 Å². The Hall–Kier alpha value is -2.06. The molecule has 4 unspecified atom stereocenters. The number of cyclic esters (lactones) is 1. The molecule has 0 radical (unpaired) electrons. The summed E-state index contributed by atoms with van der Waals surface area (Å²) in [6.07, 6.45) is -3.40. The lowest BCUT2D eigenvalue weighted by molar-refractivity contribution is -0.281. The number of alkyl halides is 3. The van der Waals surface area contributed by atoms with Gasteiger partial charge in [-0.15, -0.1) is 0 Å². The van der Waals surface area contributed by atoms with Gasteiger partial charge in [-0.25, -0.2) is 9.59 Å². The Bertz CT molecular complexity index is 1270. The Morgan fingerprint density at radius 2 is 1.78 bits per heavy atom. The second-order valence-corrected chi connectivity index (χ2v) is 14.8. The van der Waals surface area contributed by atoms with E-state index in [4.69, 9.17) is 28.4 Å². The van der Waals surface area contributed by atoms with Crippen molar-refractivity contribution >= 4 is 17.7 Å². The summed E-state index contributed by atoms with van der Waals surface area (Å²) in [6.45, 7) is 5.70. The van der Waals surface area contributed by atoms with Crippen LogP contribution in [0.4, 0.5) is 13.2 Å². The molecule has 46 heavy (non-hydrogen) atoms. The Balaban J connectivity index is 1.22. The minimum atomic E-state index is -5.18. The molecule has 0 aromatic heterocycles. The van der Waals surface area contributed by atoms with Gasteiger partial charge in [0.2, 0.25) is 0 Å². The van der Waals surface area contributed by atoms with Gasteiger partial charge in [-0.2, -0.15) is 13.2 Å². The summed E-state index contributed by atoms with van der Waals surface area (Å²) in [5.74, 6) is -3.73. The minimum absolute atomic E-state index is 0.0894. The first-order valence-corrected chi connectivity index (χ1v) is 16.3. The first-order valence-electron chi connectivity index (χ1n) is 16.3. The molecule has 13 heteroatoms. The largest absolute Gasteiger partial charge is 0.490 e.